The van der Waals surface area contributed by atoms with Gasteiger partial charge in [0.25, 0.3) is 10.1 Å². The van der Waals surface area contributed by atoms with Gasteiger partial charge in [-0.25, -0.2) is 4.18 Å². The molecule has 16 heavy (non-hydrogen) atoms. The summed E-state index contributed by atoms with van der Waals surface area (Å²) in [5, 5.41) is 0. The van der Waals surface area contributed by atoms with Crippen LogP contribution < -0.4 is 0 Å². The van der Waals surface area contributed by atoms with E-state index in [0.717, 1.165) is 11.8 Å². The standard InChI is InChI=1S/C11H14O4S/c1-4-14-10(3)15-16(12,13)11-7-5-9(2)6-8-11/h4-8,10H,1H2,2-3H3. The molecular weight excluding hydrogens is 228 g/mol. The lowest BCUT2D eigenvalue weighted by molar-refractivity contribution is -0.00793. The molecule has 0 aliphatic heterocycles. The summed E-state index contributed by atoms with van der Waals surface area (Å²) in [6.45, 7) is 6.67. The lowest BCUT2D eigenvalue weighted by Crippen LogP contribution is -2.16. The summed E-state index contributed by atoms with van der Waals surface area (Å²) in [7, 11) is -3.77. The van der Waals surface area contributed by atoms with Gasteiger partial charge in [-0.3, -0.25) is 0 Å². The minimum Gasteiger partial charge on any atom is -0.472 e. The van der Waals surface area contributed by atoms with E-state index < -0.39 is 16.4 Å². The highest BCUT2D eigenvalue weighted by atomic mass is 32.2. The maximum absolute atomic E-state index is 11.7. The number of aryl methyl sites for hydroxylation is 1. The van der Waals surface area contributed by atoms with E-state index in [2.05, 4.69) is 6.58 Å². The quantitative estimate of drug-likeness (QED) is 0.451. The van der Waals surface area contributed by atoms with Crippen molar-refractivity contribution in [3.63, 3.8) is 0 Å². The maximum atomic E-state index is 11.7. The van der Waals surface area contributed by atoms with Crippen LogP contribution in [0.3, 0.4) is 0 Å². The van der Waals surface area contributed by atoms with Crippen molar-refractivity contribution in [3.05, 3.63) is 42.7 Å². The third kappa shape index (κ3) is 3.36. The fourth-order valence-corrected chi connectivity index (χ4v) is 2.08. The first kappa shape index (κ1) is 12.7. The molecule has 1 unspecified atom stereocenters. The van der Waals surface area contributed by atoms with E-state index in [1.807, 2.05) is 6.92 Å². The first-order chi connectivity index (χ1) is 7.45. The van der Waals surface area contributed by atoms with Crippen LogP contribution in [0.4, 0.5) is 0 Å². The Hall–Kier alpha value is -1.33. The van der Waals surface area contributed by atoms with Crippen molar-refractivity contribution in [1.29, 1.82) is 0 Å². The zero-order chi connectivity index (χ0) is 12.2. The summed E-state index contributed by atoms with van der Waals surface area (Å²) in [5.41, 5.74) is 0.981. The highest BCUT2D eigenvalue weighted by Crippen LogP contribution is 2.15. The van der Waals surface area contributed by atoms with Gasteiger partial charge in [-0.1, -0.05) is 24.3 Å². The van der Waals surface area contributed by atoms with Gasteiger partial charge in [0, 0.05) is 0 Å². The van der Waals surface area contributed by atoms with E-state index in [9.17, 15) is 8.42 Å². The van der Waals surface area contributed by atoms with Crippen LogP contribution in [0, 0.1) is 6.92 Å². The Morgan fingerprint density at radius 1 is 1.31 bits per heavy atom. The minimum atomic E-state index is -3.77. The van der Waals surface area contributed by atoms with E-state index >= 15 is 0 Å². The zero-order valence-electron chi connectivity index (χ0n) is 9.21. The van der Waals surface area contributed by atoms with E-state index in [1.54, 1.807) is 12.1 Å². The van der Waals surface area contributed by atoms with Gasteiger partial charge in [-0.15, -0.1) is 0 Å². The first-order valence-electron chi connectivity index (χ1n) is 4.72. The van der Waals surface area contributed by atoms with Gasteiger partial charge in [-0.2, -0.15) is 8.42 Å². The summed E-state index contributed by atoms with van der Waals surface area (Å²) >= 11 is 0. The van der Waals surface area contributed by atoms with Crippen LogP contribution >= 0.6 is 0 Å². The summed E-state index contributed by atoms with van der Waals surface area (Å²) in [5.74, 6) is 0. The van der Waals surface area contributed by atoms with E-state index in [0.29, 0.717) is 0 Å². The van der Waals surface area contributed by atoms with Crippen molar-refractivity contribution >= 4 is 10.1 Å². The second kappa shape index (κ2) is 5.14. The molecule has 0 heterocycles. The molecule has 88 valence electrons. The van der Waals surface area contributed by atoms with Crippen molar-refractivity contribution < 1.29 is 17.3 Å². The molecule has 0 saturated carbocycles. The molecule has 1 aromatic rings. The van der Waals surface area contributed by atoms with Crippen LogP contribution in [0.1, 0.15) is 12.5 Å². The summed E-state index contributed by atoms with van der Waals surface area (Å²) in [6.07, 6.45) is 0.249. The molecule has 5 heteroatoms. The van der Waals surface area contributed by atoms with E-state index in [4.69, 9.17) is 8.92 Å². The molecule has 0 aromatic heterocycles. The highest BCUT2D eigenvalue weighted by molar-refractivity contribution is 7.86. The monoisotopic (exact) mass is 242 g/mol. The molecule has 0 aliphatic carbocycles. The number of hydrogen-bond donors (Lipinski definition) is 0. The van der Waals surface area contributed by atoms with Crippen molar-refractivity contribution in [2.24, 2.45) is 0 Å². The predicted octanol–water partition coefficient (Wildman–Crippen LogP) is 2.21. The van der Waals surface area contributed by atoms with Crippen LogP contribution in [-0.2, 0) is 19.0 Å². The van der Waals surface area contributed by atoms with Crippen LogP contribution in [0.2, 0.25) is 0 Å². The summed E-state index contributed by atoms with van der Waals surface area (Å²) in [6, 6.07) is 6.39. The molecule has 0 amide bonds. The molecule has 1 aromatic carbocycles. The third-order valence-electron chi connectivity index (χ3n) is 1.86. The minimum absolute atomic E-state index is 0.109. The second-order valence-corrected chi connectivity index (χ2v) is 4.81. The molecular formula is C11H14O4S. The largest absolute Gasteiger partial charge is 0.472 e. The second-order valence-electron chi connectivity index (χ2n) is 3.23. The number of benzene rings is 1. The van der Waals surface area contributed by atoms with E-state index in [1.165, 1.54) is 19.1 Å². The molecule has 1 rings (SSSR count). The Morgan fingerprint density at radius 2 is 1.88 bits per heavy atom. The highest BCUT2D eigenvalue weighted by Gasteiger charge is 2.18. The van der Waals surface area contributed by atoms with Crippen molar-refractivity contribution in [2.75, 3.05) is 0 Å². The normalized spacial score (nSPS) is 13.1. The fourth-order valence-electron chi connectivity index (χ4n) is 1.10. The topological polar surface area (TPSA) is 52.6 Å². The summed E-state index contributed by atoms with van der Waals surface area (Å²) in [4.78, 5) is 0.109. The lowest BCUT2D eigenvalue weighted by Gasteiger charge is -2.12. The Bertz CT molecular complexity index is 447. The van der Waals surface area contributed by atoms with Gasteiger partial charge in [0.2, 0.25) is 6.29 Å². The average Bonchev–Trinajstić information content (AvgIpc) is 2.17. The zero-order valence-corrected chi connectivity index (χ0v) is 10.0. The molecule has 0 aliphatic rings. The SMILES string of the molecule is C=COC(C)OS(=O)(=O)c1ccc(C)cc1. The van der Waals surface area contributed by atoms with Gasteiger partial charge in [0.1, 0.15) is 0 Å². The van der Waals surface area contributed by atoms with Crippen LogP contribution in [0.25, 0.3) is 0 Å². The average molecular weight is 242 g/mol. The fraction of sp³-hybridized carbons (Fsp3) is 0.273. The van der Waals surface area contributed by atoms with Gasteiger partial charge in [-0.05, 0) is 26.0 Å². The third-order valence-corrected chi connectivity index (χ3v) is 3.23. The van der Waals surface area contributed by atoms with Crippen LogP contribution in [-0.4, -0.2) is 14.7 Å². The maximum Gasteiger partial charge on any atom is 0.300 e. The molecule has 0 bridgehead atoms. The smallest absolute Gasteiger partial charge is 0.300 e. The number of hydrogen-bond acceptors (Lipinski definition) is 4. The Labute approximate surface area is 95.6 Å². The Kier molecular flexibility index (Phi) is 4.09. The molecule has 4 nitrogen and oxygen atoms in total. The summed E-state index contributed by atoms with van der Waals surface area (Å²) < 4.78 is 33.0. The molecule has 1 atom stereocenters. The van der Waals surface area contributed by atoms with Gasteiger partial charge < -0.3 is 4.74 Å². The predicted molar refractivity (Wildman–Crippen MR) is 60.2 cm³/mol. The van der Waals surface area contributed by atoms with Gasteiger partial charge in [0.05, 0.1) is 11.2 Å². The molecule has 0 spiro atoms. The van der Waals surface area contributed by atoms with Crippen LogP contribution in [0.5, 0.6) is 0 Å². The lowest BCUT2D eigenvalue weighted by atomic mass is 10.2. The first-order valence-corrected chi connectivity index (χ1v) is 6.13. The number of ether oxygens (including phenoxy) is 1. The van der Waals surface area contributed by atoms with Crippen molar-refractivity contribution in [2.45, 2.75) is 25.0 Å². The number of rotatable bonds is 5. The van der Waals surface area contributed by atoms with Crippen molar-refractivity contribution in [1.82, 2.24) is 0 Å². The Balaban J connectivity index is 2.85. The van der Waals surface area contributed by atoms with Crippen LogP contribution in [0.15, 0.2) is 42.0 Å². The molecule has 0 N–H and O–H groups in total. The van der Waals surface area contributed by atoms with Gasteiger partial charge in [0.15, 0.2) is 0 Å². The van der Waals surface area contributed by atoms with Crippen molar-refractivity contribution in [3.8, 4) is 0 Å². The Morgan fingerprint density at radius 3 is 2.38 bits per heavy atom. The molecule has 0 fully saturated rings. The molecule has 0 radical (unpaired) electrons. The van der Waals surface area contributed by atoms with Gasteiger partial charge >= 0.3 is 0 Å². The van der Waals surface area contributed by atoms with E-state index in [-0.39, 0.29) is 4.90 Å². The molecule has 0 saturated heterocycles.